The minimum atomic E-state index is -0.332. The standard InChI is InChI=1S/C24H22N2O2/c27-22(17-16-19-10-4-1-5-11-19)18-23(20-12-6-2-7-13-20)25-26-24(28)21-14-8-3-9-15-21/h1-17,23,25H,18H2,(H,26,28)/b17-16+. The van der Waals surface area contributed by atoms with Gasteiger partial charge in [0.05, 0.1) is 6.04 Å². The monoisotopic (exact) mass is 370 g/mol. The van der Waals surface area contributed by atoms with E-state index in [1.165, 1.54) is 0 Å². The first-order chi connectivity index (χ1) is 13.7. The fraction of sp³-hybridized carbons (Fsp3) is 0.0833. The smallest absolute Gasteiger partial charge is 0.265 e. The van der Waals surface area contributed by atoms with E-state index in [-0.39, 0.29) is 24.2 Å². The molecular weight excluding hydrogens is 348 g/mol. The quantitative estimate of drug-likeness (QED) is 0.458. The lowest BCUT2D eigenvalue weighted by Gasteiger charge is -2.18. The minimum Gasteiger partial charge on any atom is -0.295 e. The Morgan fingerprint density at radius 3 is 2.00 bits per heavy atom. The number of rotatable bonds is 8. The molecule has 0 saturated heterocycles. The van der Waals surface area contributed by atoms with Gasteiger partial charge >= 0.3 is 0 Å². The van der Waals surface area contributed by atoms with Gasteiger partial charge in [0, 0.05) is 12.0 Å². The number of carbonyl (C=O) groups is 2. The lowest BCUT2D eigenvalue weighted by molar-refractivity contribution is -0.115. The second-order valence-corrected chi connectivity index (χ2v) is 6.34. The number of ketones is 1. The first-order valence-electron chi connectivity index (χ1n) is 9.14. The third kappa shape index (κ3) is 5.76. The summed E-state index contributed by atoms with van der Waals surface area (Å²) in [7, 11) is 0. The highest BCUT2D eigenvalue weighted by molar-refractivity contribution is 5.95. The van der Waals surface area contributed by atoms with Crippen LogP contribution in [-0.2, 0) is 4.79 Å². The highest BCUT2D eigenvalue weighted by Crippen LogP contribution is 2.17. The molecule has 140 valence electrons. The minimum absolute atomic E-state index is 0.0285. The van der Waals surface area contributed by atoms with Crippen molar-refractivity contribution in [2.45, 2.75) is 12.5 Å². The number of hydrogen-bond donors (Lipinski definition) is 2. The molecule has 1 atom stereocenters. The highest BCUT2D eigenvalue weighted by atomic mass is 16.2. The molecule has 2 N–H and O–H groups in total. The number of allylic oxidation sites excluding steroid dienone is 1. The highest BCUT2D eigenvalue weighted by Gasteiger charge is 2.16. The van der Waals surface area contributed by atoms with Gasteiger partial charge in [0.1, 0.15) is 0 Å². The number of carbonyl (C=O) groups excluding carboxylic acids is 2. The average Bonchev–Trinajstić information content (AvgIpc) is 2.77. The van der Waals surface area contributed by atoms with Crippen LogP contribution in [0.3, 0.4) is 0 Å². The summed E-state index contributed by atoms with van der Waals surface area (Å²) < 4.78 is 0. The third-order valence-electron chi connectivity index (χ3n) is 4.26. The van der Waals surface area contributed by atoms with Crippen molar-refractivity contribution in [2.75, 3.05) is 0 Å². The van der Waals surface area contributed by atoms with E-state index in [1.807, 2.05) is 78.9 Å². The molecule has 4 nitrogen and oxygen atoms in total. The molecule has 0 bridgehead atoms. The maximum Gasteiger partial charge on any atom is 0.265 e. The molecule has 3 rings (SSSR count). The molecule has 0 aliphatic rings. The van der Waals surface area contributed by atoms with Crippen LogP contribution in [0.4, 0.5) is 0 Å². The van der Waals surface area contributed by atoms with Gasteiger partial charge in [-0.1, -0.05) is 84.9 Å². The van der Waals surface area contributed by atoms with Gasteiger partial charge < -0.3 is 0 Å². The third-order valence-corrected chi connectivity index (χ3v) is 4.26. The Balaban J connectivity index is 1.66. The largest absolute Gasteiger partial charge is 0.295 e. The van der Waals surface area contributed by atoms with Crippen LogP contribution in [0.25, 0.3) is 6.08 Å². The number of amides is 1. The lowest BCUT2D eigenvalue weighted by atomic mass is 10.0. The Kier molecular flexibility index (Phi) is 6.88. The summed E-state index contributed by atoms with van der Waals surface area (Å²) in [5, 5.41) is 0. The van der Waals surface area contributed by atoms with Gasteiger partial charge in [-0.05, 0) is 29.3 Å². The van der Waals surface area contributed by atoms with Gasteiger partial charge in [-0.2, -0.15) is 0 Å². The van der Waals surface area contributed by atoms with E-state index in [9.17, 15) is 9.59 Å². The first-order valence-corrected chi connectivity index (χ1v) is 9.14. The zero-order valence-corrected chi connectivity index (χ0v) is 15.4. The van der Waals surface area contributed by atoms with E-state index in [1.54, 1.807) is 24.3 Å². The normalized spacial score (nSPS) is 11.9. The van der Waals surface area contributed by atoms with Crippen LogP contribution in [0.1, 0.15) is 33.9 Å². The first kappa shape index (κ1) is 19.3. The summed E-state index contributed by atoms with van der Waals surface area (Å²) in [6.07, 6.45) is 3.60. The number of nitrogens with one attached hydrogen (secondary N) is 2. The van der Waals surface area contributed by atoms with Crippen LogP contribution in [-0.4, -0.2) is 11.7 Å². The topological polar surface area (TPSA) is 58.2 Å². The van der Waals surface area contributed by atoms with Crippen molar-refractivity contribution in [3.05, 3.63) is 114 Å². The molecule has 0 aliphatic heterocycles. The SMILES string of the molecule is O=C(/C=C/c1ccccc1)CC(NNC(=O)c1ccccc1)c1ccccc1. The molecule has 0 saturated carbocycles. The molecule has 1 unspecified atom stereocenters. The molecular formula is C24H22N2O2. The summed E-state index contributed by atoms with van der Waals surface area (Å²) in [6.45, 7) is 0. The van der Waals surface area contributed by atoms with Gasteiger partial charge in [0.25, 0.3) is 5.91 Å². The number of hydrogen-bond acceptors (Lipinski definition) is 3. The van der Waals surface area contributed by atoms with Crippen LogP contribution in [0.5, 0.6) is 0 Å². The van der Waals surface area contributed by atoms with Crippen molar-refractivity contribution < 1.29 is 9.59 Å². The summed E-state index contributed by atoms with van der Waals surface area (Å²) in [4.78, 5) is 24.8. The van der Waals surface area contributed by atoms with Crippen LogP contribution in [0, 0.1) is 0 Å². The van der Waals surface area contributed by atoms with Crippen molar-refractivity contribution in [3.8, 4) is 0 Å². The second-order valence-electron chi connectivity index (χ2n) is 6.34. The molecule has 0 radical (unpaired) electrons. The van der Waals surface area contributed by atoms with Crippen molar-refractivity contribution >= 4 is 17.8 Å². The van der Waals surface area contributed by atoms with Gasteiger partial charge in [0.2, 0.25) is 0 Å². The summed E-state index contributed by atoms with van der Waals surface area (Å²) >= 11 is 0. The molecule has 0 spiro atoms. The molecule has 28 heavy (non-hydrogen) atoms. The molecule has 1 amide bonds. The van der Waals surface area contributed by atoms with Crippen molar-refractivity contribution in [2.24, 2.45) is 0 Å². The van der Waals surface area contributed by atoms with Gasteiger partial charge in [0.15, 0.2) is 5.78 Å². The Morgan fingerprint density at radius 1 is 0.786 bits per heavy atom. The Labute approximate surface area is 164 Å². The molecule has 0 aromatic heterocycles. The predicted octanol–water partition coefficient (Wildman–Crippen LogP) is 4.33. The van der Waals surface area contributed by atoms with E-state index in [0.29, 0.717) is 5.56 Å². The number of benzene rings is 3. The fourth-order valence-electron chi connectivity index (χ4n) is 2.77. The molecule has 0 aliphatic carbocycles. The van der Waals surface area contributed by atoms with Gasteiger partial charge in [-0.25, -0.2) is 5.43 Å². The van der Waals surface area contributed by atoms with E-state index in [0.717, 1.165) is 11.1 Å². The molecule has 3 aromatic rings. The number of hydrazine groups is 1. The maximum atomic E-state index is 12.5. The van der Waals surface area contributed by atoms with E-state index in [2.05, 4.69) is 10.9 Å². The molecule has 0 heterocycles. The van der Waals surface area contributed by atoms with Crippen LogP contribution in [0.2, 0.25) is 0 Å². The van der Waals surface area contributed by atoms with Crippen molar-refractivity contribution in [1.82, 2.24) is 10.9 Å². The summed E-state index contributed by atoms with van der Waals surface area (Å²) in [5.74, 6) is -0.270. The summed E-state index contributed by atoms with van der Waals surface area (Å²) in [5.41, 5.74) is 8.17. The lowest BCUT2D eigenvalue weighted by Crippen LogP contribution is -2.40. The van der Waals surface area contributed by atoms with E-state index < -0.39 is 0 Å². The van der Waals surface area contributed by atoms with Crippen LogP contribution >= 0.6 is 0 Å². The fourth-order valence-corrected chi connectivity index (χ4v) is 2.77. The van der Waals surface area contributed by atoms with Crippen molar-refractivity contribution in [3.63, 3.8) is 0 Å². The van der Waals surface area contributed by atoms with E-state index >= 15 is 0 Å². The second kappa shape index (κ2) is 10.00. The molecule has 0 fully saturated rings. The van der Waals surface area contributed by atoms with E-state index in [4.69, 9.17) is 0 Å². The maximum absolute atomic E-state index is 12.5. The van der Waals surface area contributed by atoms with Gasteiger partial charge in [-0.3, -0.25) is 15.0 Å². The van der Waals surface area contributed by atoms with Crippen molar-refractivity contribution in [1.29, 1.82) is 0 Å². The average molecular weight is 370 g/mol. The van der Waals surface area contributed by atoms with Gasteiger partial charge in [-0.15, -0.1) is 0 Å². The summed E-state index contributed by atoms with van der Waals surface area (Å²) in [6, 6.07) is 27.9. The van der Waals surface area contributed by atoms with Crippen LogP contribution in [0.15, 0.2) is 97.1 Å². The zero-order chi connectivity index (χ0) is 19.6. The Morgan fingerprint density at radius 2 is 1.36 bits per heavy atom. The predicted molar refractivity (Wildman–Crippen MR) is 111 cm³/mol. The van der Waals surface area contributed by atoms with Crippen LogP contribution < -0.4 is 10.9 Å². The zero-order valence-electron chi connectivity index (χ0n) is 15.4. The molecule has 3 aromatic carbocycles. The Bertz CT molecular complexity index is 923. The Hall–Kier alpha value is -3.50. The molecule has 4 heteroatoms.